The van der Waals surface area contributed by atoms with E-state index in [-0.39, 0.29) is 25.5 Å². The second kappa shape index (κ2) is 11.8. The summed E-state index contributed by atoms with van der Waals surface area (Å²) >= 11 is 0. The first-order valence-corrected chi connectivity index (χ1v) is 7.47. The van der Waals surface area contributed by atoms with Gasteiger partial charge in [0.2, 0.25) is 5.91 Å². The Balaban J connectivity index is 3.84. The minimum absolute atomic E-state index is 0.128. The maximum absolute atomic E-state index is 11.5. The van der Waals surface area contributed by atoms with Gasteiger partial charge in [-0.25, -0.2) is 0 Å². The average Bonchev–Trinajstić information content (AvgIpc) is 2.49. The normalized spacial score (nSPS) is 17.1. The zero-order chi connectivity index (χ0) is 17.1. The average molecular weight is 323 g/mol. The molecule has 0 aromatic carbocycles. The van der Waals surface area contributed by atoms with Crippen LogP contribution in [0.25, 0.3) is 0 Å². The van der Waals surface area contributed by atoms with Gasteiger partial charge in [-0.15, -0.1) is 0 Å². The van der Waals surface area contributed by atoms with Crippen molar-refractivity contribution in [2.75, 3.05) is 26.4 Å². The number of nitrogens with one attached hydrogen (secondary N) is 1. The zero-order valence-electron chi connectivity index (χ0n) is 13.2. The lowest BCUT2D eigenvalue weighted by molar-refractivity contribution is -0.126. The molecule has 4 unspecified atom stereocenters. The van der Waals surface area contributed by atoms with Crippen LogP contribution in [-0.4, -0.2) is 82.2 Å². The van der Waals surface area contributed by atoms with Gasteiger partial charge in [-0.1, -0.05) is 13.8 Å². The fourth-order valence-corrected chi connectivity index (χ4v) is 1.58. The summed E-state index contributed by atoms with van der Waals surface area (Å²) in [5.41, 5.74) is 0. The molecule has 8 nitrogen and oxygen atoms in total. The van der Waals surface area contributed by atoms with E-state index in [0.29, 0.717) is 12.5 Å². The minimum Gasteiger partial charge on any atom is -0.394 e. The van der Waals surface area contributed by atoms with Gasteiger partial charge in [0.1, 0.15) is 18.3 Å². The Bertz CT molecular complexity index is 301. The predicted octanol–water partition coefficient (Wildman–Crippen LogP) is -2.01. The van der Waals surface area contributed by atoms with Crippen LogP contribution in [-0.2, 0) is 9.53 Å². The van der Waals surface area contributed by atoms with Crippen LogP contribution >= 0.6 is 0 Å². The van der Waals surface area contributed by atoms with Gasteiger partial charge in [-0.3, -0.25) is 4.79 Å². The van der Waals surface area contributed by atoms with E-state index in [1.54, 1.807) is 0 Å². The Morgan fingerprint density at radius 3 is 2.18 bits per heavy atom. The number of ether oxygens (including phenoxy) is 1. The highest BCUT2D eigenvalue weighted by Crippen LogP contribution is 2.04. The third-order valence-corrected chi connectivity index (χ3v) is 3.15. The maximum atomic E-state index is 11.5. The van der Waals surface area contributed by atoms with Crippen molar-refractivity contribution in [3.8, 4) is 0 Å². The van der Waals surface area contributed by atoms with E-state index in [2.05, 4.69) is 19.2 Å². The van der Waals surface area contributed by atoms with Crippen LogP contribution in [0.3, 0.4) is 0 Å². The van der Waals surface area contributed by atoms with Crippen molar-refractivity contribution in [2.24, 2.45) is 5.92 Å². The van der Waals surface area contributed by atoms with E-state index in [1.165, 1.54) is 0 Å². The Kier molecular flexibility index (Phi) is 11.3. The van der Waals surface area contributed by atoms with E-state index in [0.717, 1.165) is 6.42 Å². The lowest BCUT2D eigenvalue weighted by Crippen LogP contribution is -2.49. The summed E-state index contributed by atoms with van der Waals surface area (Å²) in [5, 5.41) is 48.8. The first-order valence-electron chi connectivity index (χ1n) is 7.47. The monoisotopic (exact) mass is 323 g/mol. The molecule has 0 aromatic heterocycles. The summed E-state index contributed by atoms with van der Waals surface area (Å²) in [7, 11) is 0. The zero-order valence-corrected chi connectivity index (χ0v) is 13.2. The fraction of sp³-hybridized carbons (Fsp3) is 0.929. The third kappa shape index (κ3) is 9.29. The van der Waals surface area contributed by atoms with Crippen molar-refractivity contribution in [3.05, 3.63) is 0 Å². The van der Waals surface area contributed by atoms with Gasteiger partial charge < -0.3 is 35.6 Å². The molecule has 0 spiro atoms. The lowest BCUT2D eigenvalue weighted by atomic mass is 10.0. The molecule has 0 bridgehead atoms. The van der Waals surface area contributed by atoms with Gasteiger partial charge >= 0.3 is 0 Å². The standard InChI is InChI=1S/C14H29NO7/c1-9(2)3-5-22-6-4-12(19)15-7-10(17)13(20)14(21)11(18)8-16/h9-11,13-14,16-18,20-21H,3-8H2,1-2H3,(H,15,19). The summed E-state index contributed by atoms with van der Waals surface area (Å²) in [5.74, 6) is 0.180. The third-order valence-electron chi connectivity index (χ3n) is 3.15. The van der Waals surface area contributed by atoms with Crippen LogP contribution < -0.4 is 5.32 Å². The summed E-state index contributed by atoms with van der Waals surface area (Å²) < 4.78 is 5.28. The molecule has 132 valence electrons. The number of carbonyl (C=O) groups excluding carboxylic acids is 1. The topological polar surface area (TPSA) is 139 Å². The molecule has 0 saturated carbocycles. The minimum atomic E-state index is -1.70. The van der Waals surface area contributed by atoms with E-state index in [1.807, 2.05) is 0 Å². The molecule has 0 rings (SSSR count). The SMILES string of the molecule is CC(C)CCOCCC(=O)NCC(O)C(O)C(O)C(O)CO. The van der Waals surface area contributed by atoms with Crippen molar-refractivity contribution < 1.29 is 35.1 Å². The molecule has 6 N–H and O–H groups in total. The van der Waals surface area contributed by atoms with Crippen LogP contribution in [0, 0.1) is 5.92 Å². The fourth-order valence-electron chi connectivity index (χ4n) is 1.58. The molecule has 0 saturated heterocycles. The molecule has 22 heavy (non-hydrogen) atoms. The number of hydrogen-bond donors (Lipinski definition) is 6. The highest BCUT2D eigenvalue weighted by molar-refractivity contribution is 5.75. The van der Waals surface area contributed by atoms with E-state index in [4.69, 9.17) is 14.9 Å². The van der Waals surface area contributed by atoms with Crippen LogP contribution in [0.2, 0.25) is 0 Å². The molecular formula is C14H29NO7. The Morgan fingerprint density at radius 1 is 1.05 bits per heavy atom. The van der Waals surface area contributed by atoms with E-state index >= 15 is 0 Å². The quantitative estimate of drug-likeness (QED) is 0.228. The molecular weight excluding hydrogens is 294 g/mol. The molecule has 0 aliphatic rings. The summed E-state index contributed by atoms with van der Waals surface area (Å²) in [6.45, 7) is 3.97. The molecule has 0 aliphatic carbocycles. The van der Waals surface area contributed by atoms with Crippen molar-refractivity contribution in [2.45, 2.75) is 51.1 Å². The largest absolute Gasteiger partial charge is 0.394 e. The van der Waals surface area contributed by atoms with Crippen LogP contribution in [0.1, 0.15) is 26.7 Å². The van der Waals surface area contributed by atoms with Gasteiger partial charge in [0, 0.05) is 19.6 Å². The van der Waals surface area contributed by atoms with Gasteiger partial charge in [-0.05, 0) is 12.3 Å². The van der Waals surface area contributed by atoms with Crippen molar-refractivity contribution in [3.63, 3.8) is 0 Å². The van der Waals surface area contributed by atoms with Crippen LogP contribution in [0.4, 0.5) is 0 Å². The Morgan fingerprint density at radius 2 is 1.64 bits per heavy atom. The molecule has 0 radical (unpaired) electrons. The molecule has 0 fully saturated rings. The Hall–Kier alpha value is -0.770. The second-order valence-electron chi connectivity index (χ2n) is 5.65. The summed E-state index contributed by atoms with van der Waals surface area (Å²) in [6.07, 6.45) is -5.35. The predicted molar refractivity (Wildman–Crippen MR) is 79.0 cm³/mol. The highest BCUT2D eigenvalue weighted by atomic mass is 16.5. The molecule has 4 atom stereocenters. The Labute approximate surface area is 130 Å². The maximum Gasteiger partial charge on any atom is 0.222 e. The first kappa shape index (κ1) is 21.2. The molecule has 0 heterocycles. The highest BCUT2D eigenvalue weighted by Gasteiger charge is 2.30. The van der Waals surface area contributed by atoms with Crippen LogP contribution in [0.5, 0.6) is 0 Å². The second-order valence-corrected chi connectivity index (χ2v) is 5.65. The summed E-state index contributed by atoms with van der Waals surface area (Å²) in [6, 6.07) is 0. The number of aliphatic hydroxyl groups is 5. The molecule has 1 amide bonds. The van der Waals surface area contributed by atoms with Crippen molar-refractivity contribution >= 4 is 5.91 Å². The van der Waals surface area contributed by atoms with Crippen LogP contribution in [0.15, 0.2) is 0 Å². The lowest BCUT2D eigenvalue weighted by Gasteiger charge is -2.25. The van der Waals surface area contributed by atoms with Crippen molar-refractivity contribution in [1.29, 1.82) is 0 Å². The molecule has 0 aliphatic heterocycles. The van der Waals surface area contributed by atoms with Gasteiger partial charge in [0.05, 0.1) is 19.3 Å². The van der Waals surface area contributed by atoms with E-state index in [9.17, 15) is 20.1 Å². The molecule has 8 heteroatoms. The molecule has 0 aromatic rings. The summed E-state index contributed by atoms with van der Waals surface area (Å²) in [4.78, 5) is 11.5. The number of hydrogen-bond acceptors (Lipinski definition) is 7. The number of carbonyl (C=O) groups is 1. The number of aliphatic hydroxyl groups excluding tert-OH is 5. The number of rotatable bonds is 12. The van der Waals surface area contributed by atoms with Gasteiger partial charge in [-0.2, -0.15) is 0 Å². The smallest absolute Gasteiger partial charge is 0.222 e. The van der Waals surface area contributed by atoms with E-state index < -0.39 is 31.0 Å². The number of amides is 1. The van der Waals surface area contributed by atoms with Gasteiger partial charge in [0.15, 0.2) is 0 Å². The first-order chi connectivity index (χ1) is 10.3. The van der Waals surface area contributed by atoms with Gasteiger partial charge in [0.25, 0.3) is 0 Å². The van der Waals surface area contributed by atoms with Crippen molar-refractivity contribution in [1.82, 2.24) is 5.32 Å².